The van der Waals surface area contributed by atoms with E-state index in [-0.39, 0.29) is 11.3 Å². The van der Waals surface area contributed by atoms with Gasteiger partial charge >= 0.3 is 5.97 Å². The second kappa shape index (κ2) is 5.59. The molecule has 134 valence electrons. The standard InChI is InChI=1S/C21H32O3/c1-20-9-3-4-16(20)15-6-5-14-12-13(18(22)19(23)24)7-11-21(14,2)17(15)8-10-20/h7,11,13-18,22H,3-6,8-10,12H2,1-2H3,(H,23,24)/t13-,14-,15-,16-,17-,18?,20-,21-/m0/s1. The number of aliphatic carboxylic acids is 1. The van der Waals surface area contributed by atoms with Crippen LogP contribution < -0.4 is 0 Å². The molecule has 4 aliphatic rings. The number of allylic oxidation sites excluding steroid dienone is 1. The molecular formula is C21H32O3. The SMILES string of the molecule is C[C@@]12CCC[C@H]1[C@@H]1CC[C@H]3C[C@@H](C(O)C(=O)O)C=C[C@]3(C)[C@H]1CC2. The van der Waals surface area contributed by atoms with Crippen LogP contribution in [0.5, 0.6) is 0 Å². The van der Waals surface area contributed by atoms with Crippen molar-refractivity contribution in [3.8, 4) is 0 Å². The highest BCUT2D eigenvalue weighted by Gasteiger charge is 2.57. The molecule has 0 bridgehead atoms. The summed E-state index contributed by atoms with van der Waals surface area (Å²) in [5.74, 6) is 1.77. The van der Waals surface area contributed by atoms with Gasteiger partial charge in [0.1, 0.15) is 0 Å². The molecule has 0 aromatic rings. The highest BCUT2D eigenvalue weighted by molar-refractivity contribution is 5.72. The molecule has 3 nitrogen and oxygen atoms in total. The maximum Gasteiger partial charge on any atom is 0.333 e. The summed E-state index contributed by atoms with van der Waals surface area (Å²) in [6.45, 7) is 4.96. The van der Waals surface area contributed by atoms with Gasteiger partial charge in [-0.05, 0) is 79.4 Å². The lowest BCUT2D eigenvalue weighted by atomic mass is 9.46. The van der Waals surface area contributed by atoms with Crippen molar-refractivity contribution in [2.75, 3.05) is 0 Å². The van der Waals surface area contributed by atoms with E-state index in [0.717, 1.165) is 24.2 Å². The summed E-state index contributed by atoms with van der Waals surface area (Å²) in [5.41, 5.74) is 0.798. The molecule has 0 saturated heterocycles. The molecule has 8 atom stereocenters. The predicted octanol–water partition coefficient (Wildman–Crippen LogP) is 4.26. The van der Waals surface area contributed by atoms with E-state index in [4.69, 9.17) is 5.11 Å². The van der Waals surface area contributed by atoms with Crippen LogP contribution in [0, 0.1) is 40.4 Å². The van der Waals surface area contributed by atoms with Crippen LogP contribution in [0.15, 0.2) is 12.2 Å². The van der Waals surface area contributed by atoms with Crippen molar-refractivity contribution in [3.63, 3.8) is 0 Å². The van der Waals surface area contributed by atoms with Crippen molar-refractivity contribution in [1.82, 2.24) is 0 Å². The quantitative estimate of drug-likeness (QED) is 0.743. The van der Waals surface area contributed by atoms with Crippen LogP contribution in [0.25, 0.3) is 0 Å². The Hall–Kier alpha value is -0.830. The minimum Gasteiger partial charge on any atom is -0.479 e. The summed E-state index contributed by atoms with van der Waals surface area (Å²) in [6, 6.07) is 0. The third kappa shape index (κ3) is 2.30. The van der Waals surface area contributed by atoms with Crippen molar-refractivity contribution in [1.29, 1.82) is 0 Å². The molecule has 0 radical (unpaired) electrons. The van der Waals surface area contributed by atoms with E-state index in [1.807, 2.05) is 6.08 Å². The van der Waals surface area contributed by atoms with E-state index in [1.165, 1.54) is 44.9 Å². The molecule has 0 amide bonds. The minimum atomic E-state index is -1.24. The smallest absolute Gasteiger partial charge is 0.333 e. The van der Waals surface area contributed by atoms with Gasteiger partial charge in [-0.1, -0.05) is 32.4 Å². The Morgan fingerprint density at radius 3 is 2.67 bits per heavy atom. The first-order valence-corrected chi connectivity index (χ1v) is 9.95. The molecule has 0 aromatic heterocycles. The second-order valence-corrected chi connectivity index (χ2v) is 9.64. The maximum absolute atomic E-state index is 11.1. The fraction of sp³-hybridized carbons (Fsp3) is 0.857. The number of hydrogen-bond donors (Lipinski definition) is 2. The lowest BCUT2D eigenvalue weighted by Gasteiger charge is -2.59. The first kappa shape index (κ1) is 16.6. The molecule has 0 heterocycles. The molecular weight excluding hydrogens is 300 g/mol. The van der Waals surface area contributed by atoms with E-state index in [9.17, 15) is 9.90 Å². The normalized spacial score (nSPS) is 51.4. The Kier molecular flexibility index (Phi) is 3.87. The van der Waals surface area contributed by atoms with Gasteiger partial charge in [-0.2, -0.15) is 0 Å². The van der Waals surface area contributed by atoms with E-state index < -0.39 is 12.1 Å². The highest BCUT2D eigenvalue weighted by Crippen LogP contribution is 2.65. The number of hydrogen-bond acceptors (Lipinski definition) is 2. The molecule has 3 saturated carbocycles. The first-order chi connectivity index (χ1) is 11.3. The van der Waals surface area contributed by atoms with Gasteiger partial charge in [-0.3, -0.25) is 0 Å². The van der Waals surface area contributed by atoms with Gasteiger partial charge in [0.2, 0.25) is 0 Å². The topological polar surface area (TPSA) is 57.5 Å². The van der Waals surface area contributed by atoms with Gasteiger partial charge in [0.15, 0.2) is 6.10 Å². The van der Waals surface area contributed by atoms with Gasteiger partial charge < -0.3 is 10.2 Å². The average Bonchev–Trinajstić information content (AvgIpc) is 2.95. The lowest BCUT2D eigenvalue weighted by molar-refractivity contribution is -0.150. The Labute approximate surface area is 145 Å². The van der Waals surface area contributed by atoms with Crippen molar-refractivity contribution >= 4 is 5.97 Å². The minimum absolute atomic E-state index is 0.210. The van der Waals surface area contributed by atoms with Gasteiger partial charge in [0, 0.05) is 5.92 Å². The third-order valence-corrected chi connectivity index (χ3v) is 8.66. The summed E-state index contributed by atoms with van der Waals surface area (Å²) in [6.07, 6.45) is 13.4. The molecule has 24 heavy (non-hydrogen) atoms. The monoisotopic (exact) mass is 332 g/mol. The van der Waals surface area contributed by atoms with E-state index in [1.54, 1.807) is 0 Å². The number of aliphatic hydroxyl groups is 1. The summed E-state index contributed by atoms with van der Waals surface area (Å²) < 4.78 is 0. The molecule has 3 heteroatoms. The number of rotatable bonds is 2. The van der Waals surface area contributed by atoms with Crippen LogP contribution in [0.4, 0.5) is 0 Å². The lowest BCUT2D eigenvalue weighted by Crippen LogP contribution is -2.52. The van der Waals surface area contributed by atoms with Crippen molar-refractivity contribution in [2.24, 2.45) is 40.4 Å². The largest absolute Gasteiger partial charge is 0.479 e. The maximum atomic E-state index is 11.1. The average molecular weight is 332 g/mol. The second-order valence-electron chi connectivity index (χ2n) is 9.64. The van der Waals surface area contributed by atoms with Crippen molar-refractivity contribution in [2.45, 2.75) is 71.3 Å². The van der Waals surface area contributed by atoms with E-state index in [0.29, 0.717) is 11.3 Å². The van der Waals surface area contributed by atoms with Gasteiger partial charge in [0.05, 0.1) is 0 Å². The molecule has 1 unspecified atom stereocenters. The number of fused-ring (bicyclic) bond motifs is 5. The zero-order chi connectivity index (χ0) is 17.1. The first-order valence-electron chi connectivity index (χ1n) is 9.95. The summed E-state index contributed by atoms with van der Waals surface area (Å²) in [5, 5.41) is 19.1. The molecule has 4 rings (SSSR count). The molecule has 3 fully saturated rings. The van der Waals surface area contributed by atoms with Crippen LogP contribution >= 0.6 is 0 Å². The Bertz CT molecular complexity index is 555. The Morgan fingerprint density at radius 2 is 1.92 bits per heavy atom. The Balaban J connectivity index is 1.60. The fourth-order valence-electron chi connectivity index (χ4n) is 7.25. The van der Waals surface area contributed by atoms with Crippen molar-refractivity contribution < 1.29 is 15.0 Å². The summed E-state index contributed by atoms with van der Waals surface area (Å²) >= 11 is 0. The number of carbonyl (C=O) groups is 1. The van der Waals surface area contributed by atoms with E-state index >= 15 is 0 Å². The highest BCUT2D eigenvalue weighted by atomic mass is 16.4. The fourth-order valence-corrected chi connectivity index (χ4v) is 7.25. The number of carboxylic acids is 1. The van der Waals surface area contributed by atoms with E-state index in [2.05, 4.69) is 19.9 Å². The van der Waals surface area contributed by atoms with Crippen LogP contribution in [-0.4, -0.2) is 22.3 Å². The van der Waals surface area contributed by atoms with Crippen molar-refractivity contribution in [3.05, 3.63) is 12.2 Å². The van der Waals surface area contributed by atoms with Gasteiger partial charge in [-0.15, -0.1) is 0 Å². The zero-order valence-corrected chi connectivity index (χ0v) is 15.1. The van der Waals surface area contributed by atoms with Crippen LogP contribution in [0.1, 0.15) is 65.2 Å². The third-order valence-electron chi connectivity index (χ3n) is 8.66. The molecule has 2 N–H and O–H groups in total. The molecule has 0 aliphatic heterocycles. The number of carboxylic acid groups (broad SMARTS) is 1. The predicted molar refractivity (Wildman–Crippen MR) is 93.4 cm³/mol. The number of aliphatic hydroxyl groups excluding tert-OH is 1. The Morgan fingerprint density at radius 1 is 1.12 bits per heavy atom. The molecule has 0 spiro atoms. The van der Waals surface area contributed by atoms with Gasteiger partial charge in [0.25, 0.3) is 0 Å². The van der Waals surface area contributed by atoms with Crippen LogP contribution in [0.3, 0.4) is 0 Å². The summed E-state index contributed by atoms with van der Waals surface area (Å²) in [7, 11) is 0. The van der Waals surface area contributed by atoms with Crippen LogP contribution in [0.2, 0.25) is 0 Å². The summed E-state index contributed by atoms with van der Waals surface area (Å²) in [4.78, 5) is 11.1. The van der Waals surface area contributed by atoms with Crippen LogP contribution in [-0.2, 0) is 4.79 Å². The molecule has 4 aliphatic carbocycles. The van der Waals surface area contributed by atoms with Gasteiger partial charge in [-0.25, -0.2) is 4.79 Å². The molecule has 0 aromatic carbocycles. The zero-order valence-electron chi connectivity index (χ0n) is 15.1.